The Kier molecular flexibility index (Phi) is 4.22. The lowest BCUT2D eigenvalue weighted by Crippen LogP contribution is -2.57. The highest BCUT2D eigenvalue weighted by molar-refractivity contribution is 5.66. The topological polar surface area (TPSA) is 61.8 Å². The van der Waals surface area contributed by atoms with Gasteiger partial charge in [-0.2, -0.15) is 0 Å². The zero-order valence-electron chi connectivity index (χ0n) is 15.6. The van der Waals surface area contributed by atoms with E-state index in [1.807, 2.05) is 0 Å². The van der Waals surface area contributed by atoms with Crippen LogP contribution in [0.15, 0.2) is 0 Å². The van der Waals surface area contributed by atoms with Crippen LogP contribution in [0, 0.1) is 23.7 Å². The molecule has 3 unspecified atom stereocenters. The van der Waals surface area contributed by atoms with Crippen molar-refractivity contribution in [1.29, 1.82) is 0 Å². The standard InChI is InChI=1S/C19H30O5/c1-10-7-15(22-11(2)20)17-13(10)8-14-16(23-12(3)21)9-19(17,6)24-18(14,4)5/h10,13-17H,7-9H2,1-6H3/t10?,13-,14-,15-,16?,17?,19+/m1/s1. The maximum atomic E-state index is 11.6. The largest absolute Gasteiger partial charge is 0.462 e. The summed E-state index contributed by atoms with van der Waals surface area (Å²) in [5, 5.41) is 0. The quantitative estimate of drug-likeness (QED) is 0.724. The van der Waals surface area contributed by atoms with Gasteiger partial charge in [0.25, 0.3) is 0 Å². The van der Waals surface area contributed by atoms with Crippen molar-refractivity contribution < 1.29 is 23.8 Å². The van der Waals surface area contributed by atoms with Gasteiger partial charge < -0.3 is 14.2 Å². The summed E-state index contributed by atoms with van der Waals surface area (Å²) in [7, 11) is 0. The van der Waals surface area contributed by atoms with Crippen LogP contribution in [0.3, 0.4) is 0 Å². The molecule has 24 heavy (non-hydrogen) atoms. The van der Waals surface area contributed by atoms with Gasteiger partial charge in [0.1, 0.15) is 12.2 Å². The summed E-state index contributed by atoms with van der Waals surface area (Å²) in [4.78, 5) is 23.2. The zero-order valence-corrected chi connectivity index (χ0v) is 15.6. The van der Waals surface area contributed by atoms with Gasteiger partial charge in [-0.15, -0.1) is 0 Å². The Bertz CT molecular complexity index is 542. The first-order valence-electron chi connectivity index (χ1n) is 9.08. The summed E-state index contributed by atoms with van der Waals surface area (Å²) >= 11 is 0. The second-order valence-corrected chi connectivity index (χ2v) is 8.76. The molecule has 2 aliphatic carbocycles. The highest BCUT2D eigenvalue weighted by Crippen LogP contribution is 2.59. The highest BCUT2D eigenvalue weighted by atomic mass is 16.6. The minimum absolute atomic E-state index is 0.113. The summed E-state index contributed by atoms with van der Waals surface area (Å²) in [6.07, 6.45) is 2.26. The molecule has 2 heterocycles. The maximum Gasteiger partial charge on any atom is 0.302 e. The van der Waals surface area contributed by atoms with Gasteiger partial charge in [-0.25, -0.2) is 0 Å². The third-order valence-electron chi connectivity index (χ3n) is 6.51. The van der Waals surface area contributed by atoms with Crippen molar-refractivity contribution in [2.75, 3.05) is 0 Å². The van der Waals surface area contributed by atoms with Crippen LogP contribution in [-0.4, -0.2) is 35.3 Å². The van der Waals surface area contributed by atoms with Crippen LogP contribution in [-0.2, 0) is 23.8 Å². The lowest BCUT2D eigenvalue weighted by Gasteiger charge is -2.51. The highest BCUT2D eigenvalue weighted by Gasteiger charge is 2.63. The van der Waals surface area contributed by atoms with Gasteiger partial charge in [0, 0.05) is 32.1 Å². The molecular weight excluding hydrogens is 308 g/mol. The van der Waals surface area contributed by atoms with E-state index in [-0.39, 0.29) is 41.6 Å². The third-order valence-corrected chi connectivity index (χ3v) is 6.51. The van der Waals surface area contributed by atoms with E-state index in [1.165, 1.54) is 13.8 Å². The summed E-state index contributed by atoms with van der Waals surface area (Å²) in [5.41, 5.74) is -0.815. The molecule has 4 rings (SSSR count). The summed E-state index contributed by atoms with van der Waals surface area (Å²) in [6.45, 7) is 11.5. The van der Waals surface area contributed by atoms with E-state index < -0.39 is 5.60 Å². The van der Waals surface area contributed by atoms with Gasteiger partial charge in [0.05, 0.1) is 11.2 Å². The van der Waals surface area contributed by atoms with E-state index in [0.29, 0.717) is 18.3 Å². The average molecular weight is 338 g/mol. The molecule has 0 N–H and O–H groups in total. The molecule has 5 heteroatoms. The molecule has 7 atom stereocenters. The predicted octanol–water partition coefficient (Wildman–Crippen LogP) is 3.10. The van der Waals surface area contributed by atoms with Crippen molar-refractivity contribution in [3.63, 3.8) is 0 Å². The van der Waals surface area contributed by atoms with E-state index in [9.17, 15) is 9.59 Å². The molecule has 136 valence electrons. The van der Waals surface area contributed by atoms with Crippen LogP contribution in [0.4, 0.5) is 0 Å². The summed E-state index contributed by atoms with van der Waals surface area (Å²) in [6, 6.07) is 0. The Hall–Kier alpha value is -1.10. The number of hydrogen-bond acceptors (Lipinski definition) is 5. The van der Waals surface area contributed by atoms with Crippen LogP contribution in [0.2, 0.25) is 0 Å². The van der Waals surface area contributed by atoms with Crippen LogP contribution in [0.5, 0.6) is 0 Å². The van der Waals surface area contributed by atoms with E-state index >= 15 is 0 Å². The van der Waals surface area contributed by atoms with Crippen molar-refractivity contribution in [2.24, 2.45) is 23.7 Å². The lowest BCUT2D eigenvalue weighted by molar-refractivity contribution is -0.244. The second-order valence-electron chi connectivity index (χ2n) is 8.76. The number of carbonyl (C=O) groups is 2. The Balaban J connectivity index is 1.99. The van der Waals surface area contributed by atoms with Crippen LogP contribution in [0.1, 0.15) is 60.8 Å². The molecular formula is C19H30O5. The van der Waals surface area contributed by atoms with Crippen molar-refractivity contribution in [3.8, 4) is 0 Å². The number of hydrogen-bond donors (Lipinski definition) is 0. The lowest BCUT2D eigenvalue weighted by atomic mass is 9.76. The van der Waals surface area contributed by atoms with Crippen molar-refractivity contribution >= 4 is 11.9 Å². The number of ether oxygens (including phenoxy) is 3. The Labute approximate surface area is 144 Å². The minimum atomic E-state index is -0.452. The second kappa shape index (κ2) is 5.72. The van der Waals surface area contributed by atoms with Crippen molar-refractivity contribution in [1.82, 2.24) is 0 Å². The molecule has 4 fully saturated rings. The Morgan fingerprint density at radius 1 is 1.00 bits per heavy atom. The fourth-order valence-corrected chi connectivity index (χ4v) is 5.85. The van der Waals surface area contributed by atoms with Crippen LogP contribution < -0.4 is 0 Å². The smallest absolute Gasteiger partial charge is 0.302 e. The molecule has 0 spiro atoms. The first-order valence-corrected chi connectivity index (χ1v) is 9.08. The van der Waals surface area contributed by atoms with Gasteiger partial charge in [0.15, 0.2) is 0 Å². The molecule has 2 saturated heterocycles. The monoisotopic (exact) mass is 338 g/mol. The van der Waals surface area contributed by atoms with Gasteiger partial charge in [-0.3, -0.25) is 9.59 Å². The molecule has 4 aliphatic rings. The summed E-state index contributed by atoms with van der Waals surface area (Å²) < 4.78 is 18.0. The average Bonchev–Trinajstić information content (AvgIpc) is 2.55. The molecule has 0 aromatic rings. The fourth-order valence-electron chi connectivity index (χ4n) is 5.85. The normalized spacial score (nSPS) is 46.1. The molecule has 0 amide bonds. The molecule has 2 aliphatic heterocycles. The van der Waals surface area contributed by atoms with Crippen LogP contribution >= 0.6 is 0 Å². The minimum Gasteiger partial charge on any atom is -0.462 e. The van der Waals surface area contributed by atoms with E-state index in [4.69, 9.17) is 14.2 Å². The van der Waals surface area contributed by atoms with Crippen molar-refractivity contribution in [2.45, 2.75) is 84.2 Å². The first kappa shape index (κ1) is 17.7. The van der Waals surface area contributed by atoms with Gasteiger partial charge in [-0.05, 0) is 45.4 Å². The predicted molar refractivity (Wildman–Crippen MR) is 88.2 cm³/mol. The Morgan fingerprint density at radius 2 is 1.58 bits per heavy atom. The number of rotatable bonds is 2. The van der Waals surface area contributed by atoms with Crippen LogP contribution in [0.25, 0.3) is 0 Å². The SMILES string of the molecule is CC(=O)OC1C[C@]2(C)OC(C)(C)[C@@H]1C[C@@H]1C(C)C[C@@H](OC(C)=O)C12. The molecule has 0 aromatic carbocycles. The summed E-state index contributed by atoms with van der Waals surface area (Å²) in [5.74, 6) is 0.749. The van der Waals surface area contributed by atoms with Gasteiger partial charge >= 0.3 is 11.9 Å². The Morgan fingerprint density at radius 3 is 2.17 bits per heavy atom. The van der Waals surface area contributed by atoms with Gasteiger partial charge in [-0.1, -0.05) is 6.92 Å². The molecule has 2 saturated carbocycles. The molecule has 0 radical (unpaired) electrons. The molecule has 0 aromatic heterocycles. The van der Waals surface area contributed by atoms with Gasteiger partial charge in [0.2, 0.25) is 0 Å². The number of carbonyl (C=O) groups excluding carboxylic acids is 2. The first-order chi connectivity index (χ1) is 11.0. The van der Waals surface area contributed by atoms with E-state index in [2.05, 4.69) is 27.7 Å². The van der Waals surface area contributed by atoms with E-state index in [0.717, 1.165) is 12.8 Å². The zero-order chi connectivity index (χ0) is 17.9. The fraction of sp³-hybridized carbons (Fsp3) is 0.895. The maximum absolute atomic E-state index is 11.6. The number of fused-ring (bicyclic) bond motifs is 2. The molecule has 5 nitrogen and oxygen atoms in total. The number of esters is 2. The molecule has 2 bridgehead atoms. The third kappa shape index (κ3) is 2.85. The van der Waals surface area contributed by atoms with Crippen molar-refractivity contribution in [3.05, 3.63) is 0 Å². The van der Waals surface area contributed by atoms with E-state index in [1.54, 1.807) is 0 Å².